The molecule has 1 nitrogen and oxygen atoms in total. The first-order chi connectivity index (χ1) is 27.2. The highest BCUT2D eigenvalue weighted by atomic mass is 32.1. The van der Waals surface area contributed by atoms with E-state index in [2.05, 4.69) is 193 Å². The first kappa shape index (κ1) is 31.6. The van der Waals surface area contributed by atoms with Crippen molar-refractivity contribution >= 4 is 63.8 Å². The molecule has 256 valence electrons. The van der Waals surface area contributed by atoms with Crippen molar-refractivity contribution in [2.24, 2.45) is 0 Å². The van der Waals surface area contributed by atoms with Gasteiger partial charge < -0.3 is 0 Å². The summed E-state index contributed by atoms with van der Waals surface area (Å²) in [5.74, 6) is 0. The van der Waals surface area contributed by atoms with Crippen LogP contribution in [0.1, 0.15) is 0 Å². The van der Waals surface area contributed by atoms with Gasteiger partial charge in [-0.15, -0.1) is 11.3 Å². The molecule has 0 aliphatic heterocycles. The number of hydrogen-bond acceptors (Lipinski definition) is 2. The Morgan fingerprint density at radius 1 is 0.291 bits per heavy atom. The zero-order valence-corrected chi connectivity index (χ0v) is 30.7. The van der Waals surface area contributed by atoms with Gasteiger partial charge in [0.15, 0.2) is 0 Å². The molecule has 0 atom stereocenters. The molecule has 0 saturated carbocycles. The summed E-state index contributed by atoms with van der Waals surface area (Å²) in [6, 6.07) is 69.0. The van der Waals surface area contributed by atoms with E-state index in [0.29, 0.717) is 0 Å². The van der Waals surface area contributed by atoms with Gasteiger partial charge in [0.1, 0.15) is 0 Å². The SMILES string of the molecule is c1cc(-c2cccc(-c3cccc(-c4cccc5c4sc4ccccc45)c3)c2)cc(-c2cccc(-c3ccc4c5cnccc5c5ccccc5c4c3)c2)c1. The van der Waals surface area contributed by atoms with Crippen LogP contribution in [0.4, 0.5) is 0 Å². The maximum Gasteiger partial charge on any atom is 0.0433 e. The third kappa shape index (κ3) is 5.42. The number of benzene rings is 9. The summed E-state index contributed by atoms with van der Waals surface area (Å²) in [5, 5.41) is 10.1. The van der Waals surface area contributed by atoms with Crippen molar-refractivity contribution in [3.05, 3.63) is 200 Å². The molecule has 0 unspecified atom stereocenters. The van der Waals surface area contributed by atoms with Crippen molar-refractivity contribution < 1.29 is 0 Å². The normalized spacial score (nSPS) is 11.6. The summed E-state index contributed by atoms with van der Waals surface area (Å²) < 4.78 is 2.67. The average Bonchev–Trinajstić information content (AvgIpc) is 3.66. The van der Waals surface area contributed by atoms with Crippen molar-refractivity contribution in [2.75, 3.05) is 0 Å². The largest absolute Gasteiger partial charge is 0.264 e. The molecule has 0 saturated heterocycles. The molecule has 9 aromatic carbocycles. The summed E-state index contributed by atoms with van der Waals surface area (Å²) in [6.45, 7) is 0. The number of nitrogens with zero attached hydrogens (tertiary/aromatic N) is 1. The standard InChI is InChI=1S/C53H33NS/c1-2-19-45-44(18-1)47-26-27-54-33-51(47)46-25-24-41(32-50(45)46)39-15-7-13-37(30-39)35-11-5-10-34(28-35)36-12-6-14-38(29-36)40-16-8-17-42(31-40)43-21-9-22-49-48-20-3-4-23-52(48)55-53(43)49/h1-33H. The summed E-state index contributed by atoms with van der Waals surface area (Å²) in [5.41, 5.74) is 12.2. The molecule has 2 aromatic heterocycles. The lowest BCUT2D eigenvalue weighted by Gasteiger charge is -2.13. The molecule has 0 radical (unpaired) electrons. The van der Waals surface area contributed by atoms with E-state index in [-0.39, 0.29) is 0 Å². The molecule has 0 amide bonds. The first-order valence-corrected chi connectivity index (χ1v) is 19.6. The number of pyridine rings is 1. The van der Waals surface area contributed by atoms with Crippen LogP contribution < -0.4 is 0 Å². The summed E-state index contributed by atoms with van der Waals surface area (Å²) >= 11 is 1.88. The number of rotatable bonds is 5. The van der Waals surface area contributed by atoms with Crippen molar-refractivity contribution in [3.63, 3.8) is 0 Å². The van der Waals surface area contributed by atoms with Crippen molar-refractivity contribution in [1.82, 2.24) is 4.98 Å². The van der Waals surface area contributed by atoms with Crippen LogP contribution in [0.25, 0.3) is 108 Å². The maximum atomic E-state index is 4.48. The number of hydrogen-bond donors (Lipinski definition) is 0. The van der Waals surface area contributed by atoms with Gasteiger partial charge in [-0.05, 0) is 125 Å². The number of aromatic nitrogens is 1. The predicted octanol–water partition coefficient (Wildman–Crippen LogP) is 15.2. The van der Waals surface area contributed by atoms with Crippen LogP contribution in [0.2, 0.25) is 0 Å². The highest BCUT2D eigenvalue weighted by Gasteiger charge is 2.13. The molecule has 55 heavy (non-hydrogen) atoms. The van der Waals surface area contributed by atoms with E-state index < -0.39 is 0 Å². The molecule has 0 fully saturated rings. The van der Waals surface area contributed by atoms with Crippen LogP contribution >= 0.6 is 11.3 Å². The van der Waals surface area contributed by atoms with Crippen molar-refractivity contribution in [2.45, 2.75) is 0 Å². The molecule has 0 aliphatic rings. The Morgan fingerprint density at radius 3 is 1.38 bits per heavy atom. The predicted molar refractivity (Wildman–Crippen MR) is 237 cm³/mol. The zero-order chi connectivity index (χ0) is 36.3. The minimum absolute atomic E-state index is 1.19. The summed E-state index contributed by atoms with van der Waals surface area (Å²) in [7, 11) is 0. The average molecular weight is 716 g/mol. The monoisotopic (exact) mass is 715 g/mol. The van der Waals surface area contributed by atoms with E-state index in [1.165, 1.54) is 108 Å². The van der Waals surface area contributed by atoms with Crippen molar-refractivity contribution in [3.8, 4) is 55.6 Å². The van der Waals surface area contributed by atoms with Gasteiger partial charge in [-0.2, -0.15) is 0 Å². The molecule has 0 spiro atoms. The van der Waals surface area contributed by atoms with E-state index in [4.69, 9.17) is 0 Å². The van der Waals surface area contributed by atoms with Crippen LogP contribution in [-0.4, -0.2) is 4.98 Å². The minimum Gasteiger partial charge on any atom is -0.264 e. The lowest BCUT2D eigenvalue weighted by molar-refractivity contribution is 1.37. The minimum atomic E-state index is 1.19. The lowest BCUT2D eigenvalue weighted by atomic mass is 9.91. The Balaban J connectivity index is 0.936. The highest BCUT2D eigenvalue weighted by Crippen LogP contribution is 2.41. The summed E-state index contributed by atoms with van der Waals surface area (Å²) in [6.07, 6.45) is 3.89. The second-order valence-corrected chi connectivity index (χ2v) is 15.4. The molecular formula is C53H33NS. The van der Waals surface area contributed by atoms with Crippen LogP contribution in [-0.2, 0) is 0 Å². The second-order valence-electron chi connectivity index (χ2n) is 14.3. The molecule has 0 aliphatic carbocycles. The van der Waals surface area contributed by atoms with Gasteiger partial charge >= 0.3 is 0 Å². The smallest absolute Gasteiger partial charge is 0.0433 e. The molecule has 11 rings (SSSR count). The highest BCUT2D eigenvalue weighted by molar-refractivity contribution is 7.26. The van der Waals surface area contributed by atoms with Crippen LogP contribution in [0.3, 0.4) is 0 Å². The molecule has 11 aromatic rings. The van der Waals surface area contributed by atoms with E-state index in [9.17, 15) is 0 Å². The molecule has 2 heterocycles. The van der Waals surface area contributed by atoms with Gasteiger partial charge in [-0.25, -0.2) is 0 Å². The fourth-order valence-electron chi connectivity index (χ4n) is 8.45. The Hall–Kier alpha value is -6.87. The second kappa shape index (κ2) is 12.9. The first-order valence-electron chi connectivity index (χ1n) is 18.8. The third-order valence-corrected chi connectivity index (χ3v) is 12.4. The van der Waals surface area contributed by atoms with Gasteiger partial charge in [0.05, 0.1) is 0 Å². The Morgan fingerprint density at radius 2 is 0.745 bits per heavy atom. The third-order valence-electron chi connectivity index (χ3n) is 11.1. The molecule has 0 N–H and O–H groups in total. The van der Waals surface area contributed by atoms with Crippen molar-refractivity contribution in [1.29, 1.82) is 0 Å². The van der Waals surface area contributed by atoms with E-state index in [1.807, 2.05) is 23.7 Å². The van der Waals surface area contributed by atoms with Crippen LogP contribution in [0.15, 0.2) is 200 Å². The molecular weight excluding hydrogens is 683 g/mol. The van der Waals surface area contributed by atoms with E-state index in [0.717, 1.165) is 0 Å². The van der Waals surface area contributed by atoms with Gasteiger partial charge in [0.2, 0.25) is 0 Å². The Labute approximate surface area is 323 Å². The van der Waals surface area contributed by atoms with Gasteiger partial charge in [0.25, 0.3) is 0 Å². The number of fused-ring (bicyclic) bond motifs is 9. The quantitative estimate of drug-likeness (QED) is 0.162. The van der Waals surface area contributed by atoms with Crippen LogP contribution in [0.5, 0.6) is 0 Å². The maximum absolute atomic E-state index is 4.48. The number of thiophene rings is 1. The van der Waals surface area contributed by atoms with Gasteiger partial charge in [-0.3, -0.25) is 4.98 Å². The topological polar surface area (TPSA) is 12.9 Å². The fraction of sp³-hybridized carbons (Fsp3) is 0. The Bertz CT molecular complexity index is 3240. The lowest BCUT2D eigenvalue weighted by Crippen LogP contribution is -1.87. The zero-order valence-electron chi connectivity index (χ0n) is 29.9. The van der Waals surface area contributed by atoms with E-state index in [1.54, 1.807) is 0 Å². The van der Waals surface area contributed by atoms with E-state index >= 15 is 0 Å². The summed E-state index contributed by atoms with van der Waals surface area (Å²) in [4.78, 5) is 4.48. The molecule has 2 heteroatoms. The molecule has 0 bridgehead atoms. The fourth-order valence-corrected chi connectivity index (χ4v) is 9.69. The van der Waals surface area contributed by atoms with Gasteiger partial charge in [0, 0.05) is 38.0 Å². The Kier molecular flexibility index (Phi) is 7.43. The van der Waals surface area contributed by atoms with Crippen LogP contribution in [0, 0.1) is 0 Å². The van der Waals surface area contributed by atoms with Gasteiger partial charge in [-0.1, -0.05) is 146 Å².